The van der Waals surface area contributed by atoms with Crippen LogP contribution in [0.3, 0.4) is 0 Å². The Balaban J connectivity index is 1.54. The molecule has 4 heterocycles. The SMILES string of the molecule is Cc1ccc(N2CCO[C@H]3CN(C(=O)c4ccoc4)C[C@H]32)nn1. The molecule has 7 heteroatoms. The highest BCUT2D eigenvalue weighted by Crippen LogP contribution is 2.27. The molecule has 0 aliphatic carbocycles. The Kier molecular flexibility index (Phi) is 3.49. The molecule has 2 aromatic rings. The molecule has 2 fully saturated rings. The summed E-state index contributed by atoms with van der Waals surface area (Å²) in [5, 5.41) is 8.42. The van der Waals surface area contributed by atoms with E-state index in [1.165, 1.54) is 12.5 Å². The van der Waals surface area contributed by atoms with Crippen LogP contribution in [-0.2, 0) is 4.74 Å². The second-order valence-electron chi connectivity index (χ2n) is 5.93. The largest absolute Gasteiger partial charge is 0.472 e. The number of anilines is 1. The van der Waals surface area contributed by atoms with E-state index in [0.29, 0.717) is 25.3 Å². The first-order valence-electron chi connectivity index (χ1n) is 7.72. The lowest BCUT2D eigenvalue weighted by atomic mass is 10.1. The first kappa shape index (κ1) is 14.2. The molecule has 0 aromatic carbocycles. The molecule has 0 saturated carbocycles. The van der Waals surface area contributed by atoms with Gasteiger partial charge in [0.2, 0.25) is 0 Å². The summed E-state index contributed by atoms with van der Waals surface area (Å²) in [5.41, 5.74) is 1.46. The number of furan rings is 1. The number of aryl methyl sites for hydroxylation is 1. The van der Waals surface area contributed by atoms with E-state index in [2.05, 4.69) is 15.1 Å². The molecule has 0 spiro atoms. The highest BCUT2D eigenvalue weighted by atomic mass is 16.5. The van der Waals surface area contributed by atoms with Crippen molar-refractivity contribution in [3.63, 3.8) is 0 Å². The van der Waals surface area contributed by atoms with Crippen molar-refractivity contribution in [2.24, 2.45) is 0 Å². The highest BCUT2D eigenvalue weighted by molar-refractivity contribution is 5.94. The summed E-state index contributed by atoms with van der Waals surface area (Å²) in [6.45, 7) is 4.51. The highest BCUT2D eigenvalue weighted by Gasteiger charge is 2.42. The number of carbonyl (C=O) groups is 1. The van der Waals surface area contributed by atoms with Gasteiger partial charge in [-0.15, -0.1) is 5.10 Å². The summed E-state index contributed by atoms with van der Waals surface area (Å²) in [5.74, 6) is 0.818. The van der Waals surface area contributed by atoms with Crippen LogP contribution >= 0.6 is 0 Å². The maximum absolute atomic E-state index is 12.5. The van der Waals surface area contributed by atoms with Crippen molar-refractivity contribution in [1.82, 2.24) is 15.1 Å². The summed E-state index contributed by atoms with van der Waals surface area (Å²) in [7, 11) is 0. The normalized spacial score (nSPS) is 23.9. The van der Waals surface area contributed by atoms with E-state index in [0.717, 1.165) is 18.1 Å². The molecule has 7 nitrogen and oxygen atoms in total. The number of likely N-dealkylation sites (tertiary alicyclic amines) is 1. The fourth-order valence-electron chi connectivity index (χ4n) is 3.25. The Bertz CT molecular complexity index is 686. The fourth-order valence-corrected chi connectivity index (χ4v) is 3.25. The molecule has 0 bridgehead atoms. The summed E-state index contributed by atoms with van der Waals surface area (Å²) in [4.78, 5) is 16.5. The topological polar surface area (TPSA) is 71.7 Å². The van der Waals surface area contributed by atoms with E-state index in [1.54, 1.807) is 6.07 Å². The van der Waals surface area contributed by atoms with Crippen molar-refractivity contribution in [3.8, 4) is 0 Å². The number of amides is 1. The lowest BCUT2D eigenvalue weighted by molar-refractivity contribution is 0.0299. The van der Waals surface area contributed by atoms with Crippen molar-refractivity contribution >= 4 is 11.7 Å². The van der Waals surface area contributed by atoms with E-state index in [4.69, 9.17) is 9.15 Å². The molecule has 1 amide bonds. The third-order valence-corrected chi connectivity index (χ3v) is 4.43. The van der Waals surface area contributed by atoms with Crippen LogP contribution in [-0.4, -0.2) is 59.4 Å². The Labute approximate surface area is 133 Å². The van der Waals surface area contributed by atoms with Gasteiger partial charge >= 0.3 is 0 Å². The number of hydrogen-bond donors (Lipinski definition) is 0. The molecule has 0 N–H and O–H groups in total. The van der Waals surface area contributed by atoms with Crippen molar-refractivity contribution in [2.45, 2.75) is 19.1 Å². The molecule has 4 rings (SSSR count). The van der Waals surface area contributed by atoms with Crippen molar-refractivity contribution in [2.75, 3.05) is 31.1 Å². The zero-order chi connectivity index (χ0) is 15.8. The van der Waals surface area contributed by atoms with Crippen LogP contribution in [0.25, 0.3) is 0 Å². The maximum atomic E-state index is 12.5. The van der Waals surface area contributed by atoms with Gasteiger partial charge in [0.05, 0.1) is 36.3 Å². The average Bonchev–Trinajstić information content (AvgIpc) is 3.24. The van der Waals surface area contributed by atoms with Crippen molar-refractivity contribution < 1.29 is 13.9 Å². The molecule has 2 aliphatic heterocycles. The van der Waals surface area contributed by atoms with Crippen LogP contribution in [0.15, 0.2) is 35.1 Å². The lowest BCUT2D eigenvalue weighted by Gasteiger charge is -2.37. The molecule has 2 aromatic heterocycles. The number of carbonyl (C=O) groups excluding carboxylic acids is 1. The van der Waals surface area contributed by atoms with E-state index in [-0.39, 0.29) is 18.1 Å². The van der Waals surface area contributed by atoms with Gasteiger partial charge in [-0.1, -0.05) is 0 Å². The minimum absolute atomic E-state index is 0.00250. The molecule has 2 saturated heterocycles. The standard InChI is InChI=1S/C16H18N4O3/c1-11-2-3-15(18-17-11)20-5-7-23-14-9-19(8-13(14)20)16(21)12-4-6-22-10-12/h2-4,6,10,13-14H,5,7-9H2,1H3/t13-,14+/m1/s1. The molecule has 0 unspecified atom stereocenters. The molecule has 23 heavy (non-hydrogen) atoms. The monoisotopic (exact) mass is 314 g/mol. The van der Waals surface area contributed by atoms with Crippen LogP contribution < -0.4 is 4.90 Å². The summed E-state index contributed by atoms with van der Waals surface area (Å²) in [6, 6.07) is 5.73. The minimum Gasteiger partial charge on any atom is -0.472 e. The number of fused-ring (bicyclic) bond motifs is 1. The summed E-state index contributed by atoms with van der Waals surface area (Å²) < 4.78 is 10.9. The van der Waals surface area contributed by atoms with Crippen LogP contribution in [0.5, 0.6) is 0 Å². The number of nitrogens with zero attached hydrogens (tertiary/aromatic N) is 4. The predicted molar refractivity (Wildman–Crippen MR) is 82.3 cm³/mol. The van der Waals surface area contributed by atoms with Crippen LogP contribution in [0.2, 0.25) is 0 Å². The van der Waals surface area contributed by atoms with E-state index >= 15 is 0 Å². The number of aromatic nitrogens is 2. The number of hydrogen-bond acceptors (Lipinski definition) is 6. The van der Waals surface area contributed by atoms with Gasteiger partial charge in [-0.2, -0.15) is 5.10 Å². The average molecular weight is 314 g/mol. The van der Waals surface area contributed by atoms with E-state index in [1.807, 2.05) is 24.0 Å². The Morgan fingerprint density at radius 3 is 2.91 bits per heavy atom. The van der Waals surface area contributed by atoms with Gasteiger partial charge in [0, 0.05) is 19.6 Å². The van der Waals surface area contributed by atoms with E-state index in [9.17, 15) is 4.79 Å². The molecule has 0 radical (unpaired) electrons. The second-order valence-corrected chi connectivity index (χ2v) is 5.93. The number of morpholine rings is 1. The molecular weight excluding hydrogens is 296 g/mol. The predicted octanol–water partition coefficient (Wildman–Crippen LogP) is 1.11. The third kappa shape index (κ3) is 2.57. The maximum Gasteiger partial charge on any atom is 0.257 e. The fraction of sp³-hybridized carbons (Fsp3) is 0.438. The van der Waals surface area contributed by atoms with Gasteiger partial charge in [0.1, 0.15) is 6.26 Å². The van der Waals surface area contributed by atoms with Crippen LogP contribution in [0.1, 0.15) is 16.1 Å². The molecular formula is C16H18N4O3. The Morgan fingerprint density at radius 1 is 1.26 bits per heavy atom. The molecule has 2 atom stereocenters. The molecule has 120 valence electrons. The quantitative estimate of drug-likeness (QED) is 0.827. The van der Waals surface area contributed by atoms with Gasteiger partial charge in [0.15, 0.2) is 5.82 Å². The smallest absolute Gasteiger partial charge is 0.257 e. The first-order chi connectivity index (χ1) is 11.2. The minimum atomic E-state index is -0.0216. The van der Waals surface area contributed by atoms with Gasteiger partial charge in [-0.05, 0) is 25.1 Å². The number of rotatable bonds is 2. The third-order valence-electron chi connectivity index (χ3n) is 4.43. The Hall–Kier alpha value is -2.41. The van der Waals surface area contributed by atoms with Crippen LogP contribution in [0, 0.1) is 6.92 Å². The second kappa shape index (κ2) is 5.66. The van der Waals surface area contributed by atoms with Crippen molar-refractivity contribution in [1.29, 1.82) is 0 Å². The van der Waals surface area contributed by atoms with Gasteiger partial charge in [-0.25, -0.2) is 0 Å². The van der Waals surface area contributed by atoms with Gasteiger partial charge in [-0.3, -0.25) is 4.79 Å². The van der Waals surface area contributed by atoms with Gasteiger partial charge in [0.25, 0.3) is 5.91 Å². The van der Waals surface area contributed by atoms with Crippen molar-refractivity contribution in [3.05, 3.63) is 42.0 Å². The zero-order valence-electron chi connectivity index (χ0n) is 12.9. The summed E-state index contributed by atoms with van der Waals surface area (Å²) in [6.07, 6.45) is 3.00. The zero-order valence-corrected chi connectivity index (χ0v) is 12.9. The first-order valence-corrected chi connectivity index (χ1v) is 7.72. The lowest BCUT2D eigenvalue weighted by Crippen LogP contribution is -2.51. The number of ether oxygens (including phenoxy) is 1. The summed E-state index contributed by atoms with van der Waals surface area (Å²) >= 11 is 0. The van der Waals surface area contributed by atoms with Crippen LogP contribution in [0.4, 0.5) is 5.82 Å². The molecule has 2 aliphatic rings. The van der Waals surface area contributed by atoms with E-state index < -0.39 is 0 Å². The van der Waals surface area contributed by atoms with Gasteiger partial charge < -0.3 is 19.0 Å². The Morgan fingerprint density at radius 2 is 2.17 bits per heavy atom.